The molecule has 0 fully saturated rings. The van der Waals surface area contributed by atoms with Gasteiger partial charge in [0.1, 0.15) is 11.5 Å². The monoisotopic (exact) mass is 316 g/mol. The highest BCUT2D eigenvalue weighted by Gasteiger charge is 2.00. The molecular weight excluding hydrogens is 308 g/mol. The molecule has 2 rings (SSSR count). The van der Waals surface area contributed by atoms with Crippen molar-refractivity contribution >= 4 is 24.1 Å². The van der Waals surface area contributed by atoms with Crippen molar-refractivity contribution in [3.05, 3.63) is 48.5 Å². The number of hydrogen-bond donors (Lipinski definition) is 0. The largest absolute Gasteiger partial charge is 0.388 e. The minimum atomic E-state index is 0.489. The first-order valence-electron chi connectivity index (χ1n) is 5.65. The second-order valence-electron chi connectivity index (χ2n) is 3.56. The lowest BCUT2D eigenvalue weighted by molar-refractivity contribution is 0.506. The molecule has 2 aromatic rings. The van der Waals surface area contributed by atoms with Crippen LogP contribution in [0.2, 0.25) is 0 Å². The zero-order valence-electron chi connectivity index (χ0n) is 10.6. The molecule has 21 heavy (non-hydrogen) atoms. The van der Waals surface area contributed by atoms with Gasteiger partial charge in [0.15, 0.2) is 0 Å². The van der Waals surface area contributed by atoms with E-state index in [-0.39, 0.29) is 0 Å². The van der Waals surface area contributed by atoms with Crippen LogP contribution in [0.1, 0.15) is 0 Å². The molecule has 104 valence electrons. The third-order valence-corrected chi connectivity index (χ3v) is 3.71. The summed E-state index contributed by atoms with van der Waals surface area (Å²) in [6.45, 7) is 0. The summed E-state index contributed by atoms with van der Waals surface area (Å²) in [6, 6.07) is 13.9. The number of hydrogen-bond acceptors (Lipinski definition) is 7. The molecule has 2 aromatic carbocycles. The average Bonchev–Trinajstić information content (AvgIpc) is 2.51. The summed E-state index contributed by atoms with van der Waals surface area (Å²) in [7, 11) is 0. The van der Waals surface area contributed by atoms with Crippen molar-refractivity contribution in [2.45, 2.75) is 9.79 Å². The first-order valence-corrected chi connectivity index (χ1v) is 7.13. The number of nitrogens with zero attached hydrogens (tertiary/aromatic N) is 2. The van der Waals surface area contributed by atoms with Gasteiger partial charge in [0.2, 0.25) is 0 Å². The van der Waals surface area contributed by atoms with Crippen molar-refractivity contribution in [1.82, 2.24) is 0 Å². The fourth-order valence-corrected chi connectivity index (χ4v) is 2.59. The Morgan fingerprint density at radius 3 is 1.38 bits per heavy atom. The molecule has 0 radical (unpaired) electrons. The van der Waals surface area contributed by atoms with Crippen molar-refractivity contribution in [2.24, 2.45) is 0 Å². The summed E-state index contributed by atoms with van der Waals surface area (Å²) in [5.41, 5.74) is 0. The average molecular weight is 316 g/mol. The first-order chi connectivity index (χ1) is 10.3. The van der Waals surface area contributed by atoms with Crippen LogP contribution in [-0.4, -0.2) is 0 Å². The Hall–Kier alpha value is -2.32. The van der Waals surface area contributed by atoms with E-state index in [0.717, 1.165) is 9.79 Å². The van der Waals surface area contributed by atoms with E-state index in [0.29, 0.717) is 11.5 Å². The van der Waals surface area contributed by atoms with Crippen molar-refractivity contribution < 1.29 is 13.1 Å². The molecule has 0 amide bonds. The summed E-state index contributed by atoms with van der Waals surface area (Å²) in [5.74, 6) is 0.977. The normalized spacial score (nSPS) is 9.43. The van der Waals surface area contributed by atoms with Gasteiger partial charge in [-0.3, -0.25) is 0 Å². The number of ether oxygens (including phenoxy) is 2. The molecule has 0 atom stereocenters. The summed E-state index contributed by atoms with van der Waals surface area (Å²) in [4.78, 5) is 1.77. The minimum Gasteiger partial charge on any atom is -0.388 e. The summed E-state index contributed by atoms with van der Waals surface area (Å²) in [6.07, 6.45) is 3.22. The molecule has 0 spiro atoms. The van der Waals surface area contributed by atoms with Gasteiger partial charge in [0.05, 0.1) is 0 Å². The maximum atomic E-state index is 8.38. The molecular formula is C14H8N2O3S2. The Kier molecular flexibility index (Phi) is 5.80. The Balaban J connectivity index is 1.81. The van der Waals surface area contributed by atoms with E-state index in [1.807, 2.05) is 0 Å². The smallest absolute Gasteiger partial charge is 0.292 e. The zero-order valence-corrected chi connectivity index (χ0v) is 12.2. The van der Waals surface area contributed by atoms with Crippen LogP contribution in [0.4, 0.5) is 0 Å². The van der Waals surface area contributed by atoms with Gasteiger partial charge in [-0.25, -0.2) is 3.63 Å². The quantitative estimate of drug-likeness (QED) is 0.585. The molecule has 7 heteroatoms. The highest BCUT2D eigenvalue weighted by Crippen LogP contribution is 2.31. The lowest BCUT2D eigenvalue weighted by atomic mass is 10.3. The SMILES string of the molecule is N#COc1ccc(SOSc2ccc(OC#N)cc2)cc1. The number of nitriles is 2. The second kappa shape index (κ2) is 8.08. The van der Waals surface area contributed by atoms with Crippen molar-refractivity contribution in [1.29, 1.82) is 10.5 Å². The standard InChI is InChI=1S/C14H8N2O3S2/c15-9-17-11-1-5-13(6-2-11)20-19-21-14-7-3-12(4-8-14)18-10-16/h1-8H. The van der Waals surface area contributed by atoms with Gasteiger partial charge >= 0.3 is 0 Å². The van der Waals surface area contributed by atoms with E-state index in [1.165, 1.54) is 24.1 Å². The van der Waals surface area contributed by atoms with Crippen LogP contribution in [0.15, 0.2) is 58.3 Å². The van der Waals surface area contributed by atoms with Crippen LogP contribution in [0.25, 0.3) is 0 Å². The molecule has 0 aromatic heterocycles. The van der Waals surface area contributed by atoms with Crippen LogP contribution in [0, 0.1) is 23.0 Å². The molecule has 0 saturated carbocycles. The Bertz CT molecular complexity index is 601. The Morgan fingerprint density at radius 1 is 0.667 bits per heavy atom. The van der Waals surface area contributed by atoms with Gasteiger partial charge in [-0.1, -0.05) is 0 Å². The highest BCUT2D eigenvalue weighted by molar-refractivity contribution is 8.07. The molecule has 0 aliphatic heterocycles. The minimum absolute atomic E-state index is 0.489. The third-order valence-electron chi connectivity index (χ3n) is 2.23. The molecule has 0 heterocycles. The summed E-state index contributed by atoms with van der Waals surface area (Å²) >= 11 is 2.39. The van der Waals surface area contributed by atoms with Crippen LogP contribution >= 0.6 is 24.1 Å². The molecule has 0 bridgehead atoms. The van der Waals surface area contributed by atoms with E-state index in [1.54, 1.807) is 61.0 Å². The molecule has 0 N–H and O–H groups in total. The van der Waals surface area contributed by atoms with Gasteiger partial charge in [0, 0.05) is 33.9 Å². The van der Waals surface area contributed by atoms with Crippen molar-refractivity contribution in [3.8, 4) is 24.0 Å². The van der Waals surface area contributed by atoms with E-state index >= 15 is 0 Å². The molecule has 0 saturated heterocycles. The predicted octanol–water partition coefficient (Wildman–Crippen LogP) is 4.14. The molecule has 5 nitrogen and oxygen atoms in total. The number of benzene rings is 2. The van der Waals surface area contributed by atoms with Gasteiger partial charge in [0.25, 0.3) is 12.5 Å². The van der Waals surface area contributed by atoms with Gasteiger partial charge in [-0.05, 0) is 48.5 Å². The second-order valence-corrected chi connectivity index (χ2v) is 5.38. The van der Waals surface area contributed by atoms with Gasteiger partial charge in [-0.15, -0.1) is 10.5 Å². The maximum absolute atomic E-state index is 8.38. The summed E-state index contributed by atoms with van der Waals surface area (Å²) in [5, 5.41) is 16.8. The molecule has 0 aliphatic rings. The van der Waals surface area contributed by atoms with Crippen LogP contribution in [0.3, 0.4) is 0 Å². The Labute approximate surface area is 130 Å². The predicted molar refractivity (Wildman–Crippen MR) is 78.2 cm³/mol. The van der Waals surface area contributed by atoms with E-state index in [4.69, 9.17) is 14.2 Å². The molecule has 0 aliphatic carbocycles. The van der Waals surface area contributed by atoms with Crippen molar-refractivity contribution in [3.63, 3.8) is 0 Å². The highest BCUT2D eigenvalue weighted by atomic mass is 32.2. The Morgan fingerprint density at radius 2 is 1.05 bits per heavy atom. The van der Waals surface area contributed by atoms with Crippen molar-refractivity contribution in [2.75, 3.05) is 0 Å². The molecule has 0 unspecified atom stereocenters. The van der Waals surface area contributed by atoms with E-state index in [9.17, 15) is 0 Å². The van der Waals surface area contributed by atoms with E-state index in [2.05, 4.69) is 9.47 Å². The first kappa shape index (κ1) is 15.1. The topological polar surface area (TPSA) is 75.3 Å². The van der Waals surface area contributed by atoms with Crippen LogP contribution < -0.4 is 9.47 Å². The third kappa shape index (κ3) is 4.93. The van der Waals surface area contributed by atoms with Gasteiger partial charge in [-0.2, -0.15) is 0 Å². The van der Waals surface area contributed by atoms with Gasteiger partial charge < -0.3 is 9.47 Å². The lowest BCUT2D eigenvalue weighted by Gasteiger charge is -2.03. The fraction of sp³-hybridized carbons (Fsp3) is 0. The number of rotatable bonds is 6. The summed E-state index contributed by atoms with van der Waals surface area (Å²) < 4.78 is 14.8. The lowest BCUT2D eigenvalue weighted by Crippen LogP contribution is -1.81. The van der Waals surface area contributed by atoms with Crippen LogP contribution in [-0.2, 0) is 3.63 Å². The maximum Gasteiger partial charge on any atom is 0.292 e. The zero-order chi connectivity index (χ0) is 14.9. The van der Waals surface area contributed by atoms with E-state index < -0.39 is 0 Å². The van der Waals surface area contributed by atoms with Crippen LogP contribution in [0.5, 0.6) is 11.5 Å². The fourth-order valence-electron chi connectivity index (χ4n) is 1.33.